The number of piperazine rings is 1. The van der Waals surface area contributed by atoms with Crippen LogP contribution >= 0.6 is 27.5 Å². The predicted octanol–water partition coefficient (Wildman–Crippen LogP) is 3.98. The highest BCUT2D eigenvalue weighted by atomic mass is 79.9. The van der Waals surface area contributed by atoms with Crippen LogP contribution in [-0.2, 0) is 4.74 Å². The number of rotatable bonds is 1. The maximum Gasteiger partial charge on any atom is 0.410 e. The van der Waals surface area contributed by atoms with Crippen molar-refractivity contribution in [1.82, 2.24) is 10.2 Å². The number of halogens is 2. The Balaban J connectivity index is 2.24. The van der Waals surface area contributed by atoms with Gasteiger partial charge in [-0.05, 0) is 44.5 Å². The van der Waals surface area contributed by atoms with E-state index in [9.17, 15) is 4.79 Å². The quantitative estimate of drug-likeness (QED) is 0.807. The van der Waals surface area contributed by atoms with Gasteiger partial charge >= 0.3 is 6.09 Å². The average molecular weight is 376 g/mol. The Morgan fingerprint density at radius 2 is 2.14 bits per heavy atom. The van der Waals surface area contributed by atoms with E-state index in [4.69, 9.17) is 16.3 Å². The average Bonchev–Trinajstić information content (AvgIpc) is 2.35. The largest absolute Gasteiger partial charge is 0.444 e. The second-order valence-electron chi connectivity index (χ2n) is 6.10. The van der Waals surface area contributed by atoms with Gasteiger partial charge in [-0.25, -0.2) is 4.79 Å². The van der Waals surface area contributed by atoms with Gasteiger partial charge in [0.15, 0.2) is 0 Å². The van der Waals surface area contributed by atoms with Gasteiger partial charge in [0.1, 0.15) is 5.60 Å². The molecule has 21 heavy (non-hydrogen) atoms. The zero-order chi connectivity index (χ0) is 15.6. The van der Waals surface area contributed by atoms with E-state index in [0.29, 0.717) is 18.1 Å². The molecule has 0 radical (unpaired) electrons. The Bertz CT molecular complexity index is 511. The number of hydrogen-bond acceptors (Lipinski definition) is 3. The molecule has 1 amide bonds. The molecule has 1 aromatic carbocycles. The molecule has 0 unspecified atom stereocenters. The van der Waals surface area contributed by atoms with Crippen molar-refractivity contribution in [3.8, 4) is 0 Å². The van der Waals surface area contributed by atoms with Crippen LogP contribution in [0.2, 0.25) is 5.02 Å². The topological polar surface area (TPSA) is 41.6 Å². The van der Waals surface area contributed by atoms with E-state index in [1.807, 2.05) is 39.0 Å². The van der Waals surface area contributed by atoms with Gasteiger partial charge in [-0.3, -0.25) is 4.90 Å². The molecule has 0 aliphatic carbocycles. The molecule has 1 N–H and O–H groups in total. The molecular weight excluding hydrogens is 356 g/mol. The zero-order valence-electron chi connectivity index (χ0n) is 12.5. The standard InChI is InChI=1S/C15H20BrClN2O2/c1-15(2,3)21-14(20)19-5-4-18-9-13(19)10-6-11(16)8-12(17)7-10/h6-8,13,18H,4-5,9H2,1-3H3/t13-/m1/s1. The summed E-state index contributed by atoms with van der Waals surface area (Å²) in [5, 5.41) is 3.96. The first-order chi connectivity index (χ1) is 9.76. The van der Waals surface area contributed by atoms with Gasteiger partial charge in [0.05, 0.1) is 6.04 Å². The van der Waals surface area contributed by atoms with Crippen LogP contribution < -0.4 is 5.32 Å². The van der Waals surface area contributed by atoms with Gasteiger partial charge in [0.25, 0.3) is 0 Å². The van der Waals surface area contributed by atoms with Crippen LogP contribution in [0.4, 0.5) is 4.79 Å². The number of nitrogens with one attached hydrogen (secondary N) is 1. The molecule has 1 saturated heterocycles. The molecule has 1 atom stereocenters. The molecule has 1 aliphatic rings. The summed E-state index contributed by atoms with van der Waals surface area (Å²) < 4.78 is 6.41. The van der Waals surface area contributed by atoms with Crippen molar-refractivity contribution < 1.29 is 9.53 Å². The number of amides is 1. The summed E-state index contributed by atoms with van der Waals surface area (Å²) in [4.78, 5) is 14.2. The minimum absolute atomic E-state index is 0.0800. The third-order valence-corrected chi connectivity index (χ3v) is 3.82. The van der Waals surface area contributed by atoms with Crippen LogP contribution in [0.3, 0.4) is 0 Å². The van der Waals surface area contributed by atoms with Gasteiger partial charge in [0.2, 0.25) is 0 Å². The van der Waals surface area contributed by atoms with Gasteiger partial charge in [0, 0.05) is 29.1 Å². The third kappa shape index (κ3) is 4.59. The molecule has 0 bridgehead atoms. The molecule has 1 heterocycles. The van der Waals surface area contributed by atoms with Crippen LogP contribution in [0.1, 0.15) is 32.4 Å². The molecule has 0 aromatic heterocycles. The van der Waals surface area contributed by atoms with Gasteiger partial charge in [-0.1, -0.05) is 27.5 Å². The lowest BCUT2D eigenvalue weighted by molar-refractivity contribution is 0.0118. The third-order valence-electron chi connectivity index (χ3n) is 3.14. The lowest BCUT2D eigenvalue weighted by atomic mass is 10.0. The molecule has 116 valence electrons. The maximum absolute atomic E-state index is 12.4. The molecule has 2 rings (SSSR count). The Kier molecular flexibility index (Phi) is 5.17. The first-order valence-electron chi connectivity index (χ1n) is 6.92. The first kappa shape index (κ1) is 16.6. The number of hydrogen-bond donors (Lipinski definition) is 1. The number of benzene rings is 1. The lowest BCUT2D eigenvalue weighted by Gasteiger charge is -2.37. The summed E-state index contributed by atoms with van der Waals surface area (Å²) in [6, 6.07) is 5.63. The Hall–Kier alpha value is -0.780. The predicted molar refractivity (Wildman–Crippen MR) is 87.7 cm³/mol. The second kappa shape index (κ2) is 6.55. The molecule has 6 heteroatoms. The number of carbonyl (C=O) groups is 1. The second-order valence-corrected chi connectivity index (χ2v) is 7.45. The van der Waals surface area contributed by atoms with Crippen molar-refractivity contribution in [2.24, 2.45) is 0 Å². The molecular formula is C15H20BrClN2O2. The SMILES string of the molecule is CC(C)(C)OC(=O)N1CCNC[C@@H]1c1cc(Cl)cc(Br)c1. The van der Waals surface area contributed by atoms with Gasteiger partial charge in [-0.2, -0.15) is 0 Å². The minimum Gasteiger partial charge on any atom is -0.444 e. The minimum atomic E-state index is -0.499. The molecule has 4 nitrogen and oxygen atoms in total. The van der Waals surface area contributed by atoms with Crippen molar-refractivity contribution >= 4 is 33.6 Å². The van der Waals surface area contributed by atoms with E-state index in [-0.39, 0.29) is 12.1 Å². The highest BCUT2D eigenvalue weighted by molar-refractivity contribution is 9.10. The maximum atomic E-state index is 12.4. The summed E-state index contributed by atoms with van der Waals surface area (Å²) in [6.45, 7) is 7.68. The Morgan fingerprint density at radius 1 is 1.43 bits per heavy atom. The smallest absolute Gasteiger partial charge is 0.410 e. The highest BCUT2D eigenvalue weighted by Gasteiger charge is 2.31. The fourth-order valence-corrected chi connectivity index (χ4v) is 3.20. The van der Waals surface area contributed by atoms with Crippen LogP contribution in [-0.4, -0.2) is 36.2 Å². The normalized spacial score (nSPS) is 19.5. The van der Waals surface area contributed by atoms with E-state index >= 15 is 0 Å². The van der Waals surface area contributed by atoms with Crippen molar-refractivity contribution in [3.63, 3.8) is 0 Å². The van der Waals surface area contributed by atoms with Crippen LogP contribution in [0.25, 0.3) is 0 Å². The first-order valence-corrected chi connectivity index (χ1v) is 8.10. The Morgan fingerprint density at radius 3 is 2.76 bits per heavy atom. The van der Waals surface area contributed by atoms with E-state index in [1.54, 1.807) is 4.90 Å². The van der Waals surface area contributed by atoms with Crippen molar-refractivity contribution in [2.45, 2.75) is 32.4 Å². The van der Waals surface area contributed by atoms with Crippen LogP contribution in [0, 0.1) is 0 Å². The van der Waals surface area contributed by atoms with Crippen molar-refractivity contribution in [3.05, 3.63) is 33.3 Å². The monoisotopic (exact) mass is 374 g/mol. The fraction of sp³-hybridized carbons (Fsp3) is 0.533. The van der Waals surface area contributed by atoms with Crippen molar-refractivity contribution in [1.29, 1.82) is 0 Å². The molecule has 1 fully saturated rings. The molecule has 0 saturated carbocycles. The van der Waals surface area contributed by atoms with Crippen LogP contribution in [0.5, 0.6) is 0 Å². The van der Waals surface area contributed by atoms with Gasteiger partial charge < -0.3 is 10.1 Å². The number of nitrogens with zero attached hydrogens (tertiary/aromatic N) is 1. The van der Waals surface area contributed by atoms with E-state index in [2.05, 4.69) is 21.2 Å². The summed E-state index contributed by atoms with van der Waals surface area (Å²) >= 11 is 9.56. The molecule has 1 aliphatic heterocycles. The van der Waals surface area contributed by atoms with E-state index in [0.717, 1.165) is 16.6 Å². The summed E-state index contributed by atoms with van der Waals surface area (Å²) in [5.41, 5.74) is 0.494. The van der Waals surface area contributed by atoms with Gasteiger partial charge in [-0.15, -0.1) is 0 Å². The number of ether oxygens (including phenoxy) is 1. The van der Waals surface area contributed by atoms with Crippen LogP contribution in [0.15, 0.2) is 22.7 Å². The molecule has 1 aromatic rings. The highest BCUT2D eigenvalue weighted by Crippen LogP contribution is 2.29. The Labute approximate surface area is 138 Å². The fourth-order valence-electron chi connectivity index (χ4n) is 2.31. The van der Waals surface area contributed by atoms with E-state index < -0.39 is 5.60 Å². The van der Waals surface area contributed by atoms with Crippen molar-refractivity contribution in [2.75, 3.05) is 19.6 Å². The summed E-state index contributed by atoms with van der Waals surface area (Å²) in [6.07, 6.45) is -0.287. The zero-order valence-corrected chi connectivity index (χ0v) is 14.8. The summed E-state index contributed by atoms with van der Waals surface area (Å²) in [7, 11) is 0. The number of carbonyl (C=O) groups excluding carboxylic acids is 1. The van der Waals surface area contributed by atoms with E-state index in [1.165, 1.54) is 0 Å². The molecule has 0 spiro atoms. The summed E-state index contributed by atoms with van der Waals surface area (Å²) in [5.74, 6) is 0. The lowest BCUT2D eigenvalue weighted by Crippen LogP contribution is -2.50.